The molecule has 1 atom stereocenters. The van der Waals surface area contributed by atoms with Gasteiger partial charge in [-0.05, 0) is 43.4 Å². The first kappa shape index (κ1) is 24.3. The van der Waals surface area contributed by atoms with E-state index in [1.807, 2.05) is 54.6 Å². The summed E-state index contributed by atoms with van der Waals surface area (Å²) in [5.74, 6) is -0.310. The van der Waals surface area contributed by atoms with Gasteiger partial charge in [0.2, 0.25) is 11.6 Å². The predicted octanol–water partition coefficient (Wildman–Crippen LogP) is 5.18. The quantitative estimate of drug-likeness (QED) is 0.294. The molecule has 1 fully saturated rings. The van der Waals surface area contributed by atoms with Crippen molar-refractivity contribution in [1.29, 1.82) is 0 Å². The average Bonchev–Trinajstić information content (AvgIpc) is 3.49. The van der Waals surface area contributed by atoms with Crippen LogP contribution in [0.4, 0.5) is 10.5 Å². The molecule has 5 aromatic rings. The minimum Gasteiger partial charge on any atom is -0.481 e. The third-order valence-electron chi connectivity index (χ3n) is 7.06. The van der Waals surface area contributed by atoms with E-state index in [9.17, 15) is 14.7 Å². The van der Waals surface area contributed by atoms with Crippen molar-refractivity contribution in [1.82, 2.24) is 24.7 Å². The molecule has 39 heavy (non-hydrogen) atoms. The summed E-state index contributed by atoms with van der Waals surface area (Å²) < 4.78 is 12.6. The van der Waals surface area contributed by atoms with Crippen LogP contribution in [-0.2, 0) is 14.9 Å². The van der Waals surface area contributed by atoms with E-state index in [0.717, 1.165) is 16.7 Å². The summed E-state index contributed by atoms with van der Waals surface area (Å²) in [6.07, 6.45) is 3.17. The summed E-state index contributed by atoms with van der Waals surface area (Å²) in [6.45, 7) is 3.48. The van der Waals surface area contributed by atoms with Crippen molar-refractivity contribution in [3.8, 4) is 22.7 Å². The Morgan fingerprint density at radius 3 is 2.54 bits per heavy atom. The number of ether oxygens (including phenoxy) is 1. The van der Waals surface area contributed by atoms with Gasteiger partial charge in [0.25, 0.3) is 0 Å². The second-order valence-electron chi connectivity index (χ2n) is 9.51. The van der Waals surface area contributed by atoms with E-state index < -0.39 is 23.6 Å². The van der Waals surface area contributed by atoms with Gasteiger partial charge in [-0.2, -0.15) is 9.61 Å². The van der Waals surface area contributed by atoms with Crippen LogP contribution < -0.4 is 5.32 Å². The van der Waals surface area contributed by atoms with Crippen LogP contribution in [0.25, 0.3) is 28.4 Å². The SMILES string of the molecule is Cc1noc(-c2ncc(-c3ccc(C4(C(=O)O)CC4)cc3)c3ncnn23)c1NC(=O)OC(C)c1ccccc1. The highest BCUT2D eigenvalue weighted by atomic mass is 16.6. The zero-order chi connectivity index (χ0) is 27.1. The molecule has 1 saturated carbocycles. The number of nitrogens with zero attached hydrogens (tertiary/aromatic N) is 5. The zero-order valence-corrected chi connectivity index (χ0v) is 21.2. The third-order valence-corrected chi connectivity index (χ3v) is 7.06. The first-order valence-electron chi connectivity index (χ1n) is 12.4. The normalized spacial score (nSPS) is 14.6. The van der Waals surface area contributed by atoms with E-state index in [4.69, 9.17) is 9.26 Å². The average molecular weight is 525 g/mol. The van der Waals surface area contributed by atoms with Gasteiger partial charge < -0.3 is 14.4 Å². The molecule has 0 spiro atoms. The summed E-state index contributed by atoms with van der Waals surface area (Å²) in [6, 6.07) is 16.8. The third kappa shape index (κ3) is 4.27. The zero-order valence-electron chi connectivity index (χ0n) is 21.2. The summed E-state index contributed by atoms with van der Waals surface area (Å²) in [5, 5.41) is 20.7. The highest BCUT2D eigenvalue weighted by Gasteiger charge is 2.51. The summed E-state index contributed by atoms with van der Waals surface area (Å²) in [5.41, 5.74) is 3.63. The maximum absolute atomic E-state index is 12.7. The number of rotatable bonds is 7. The van der Waals surface area contributed by atoms with Crippen molar-refractivity contribution in [3.05, 3.63) is 83.9 Å². The van der Waals surface area contributed by atoms with Crippen LogP contribution in [0.15, 0.2) is 71.6 Å². The molecular weight excluding hydrogens is 500 g/mol. The van der Waals surface area contributed by atoms with Crippen molar-refractivity contribution < 1.29 is 24.0 Å². The van der Waals surface area contributed by atoms with Crippen LogP contribution in [-0.4, -0.2) is 41.9 Å². The van der Waals surface area contributed by atoms with Crippen molar-refractivity contribution >= 4 is 23.4 Å². The number of aromatic nitrogens is 5. The second-order valence-corrected chi connectivity index (χ2v) is 9.51. The number of aryl methyl sites for hydroxylation is 1. The van der Waals surface area contributed by atoms with Gasteiger partial charge in [0, 0.05) is 11.8 Å². The number of hydrogen-bond donors (Lipinski definition) is 2. The molecule has 1 amide bonds. The summed E-state index contributed by atoms with van der Waals surface area (Å²) in [7, 11) is 0. The van der Waals surface area contributed by atoms with E-state index in [2.05, 4.69) is 25.5 Å². The Kier molecular flexibility index (Phi) is 5.82. The molecule has 2 aromatic carbocycles. The number of carboxylic acid groups (broad SMARTS) is 1. The highest BCUT2D eigenvalue weighted by molar-refractivity contribution is 5.90. The molecule has 196 valence electrons. The van der Waals surface area contributed by atoms with Crippen LogP contribution in [0.5, 0.6) is 0 Å². The second kappa shape index (κ2) is 9.35. The van der Waals surface area contributed by atoms with Crippen molar-refractivity contribution in [2.24, 2.45) is 0 Å². The summed E-state index contributed by atoms with van der Waals surface area (Å²) >= 11 is 0. The lowest BCUT2D eigenvalue weighted by Crippen LogP contribution is -2.19. The van der Waals surface area contributed by atoms with Gasteiger partial charge in [0.05, 0.1) is 5.41 Å². The van der Waals surface area contributed by atoms with Crippen molar-refractivity contribution in [2.45, 2.75) is 38.2 Å². The molecule has 1 aliphatic carbocycles. The first-order chi connectivity index (χ1) is 18.9. The molecule has 0 bridgehead atoms. The van der Waals surface area contributed by atoms with Crippen molar-refractivity contribution in [2.75, 3.05) is 5.32 Å². The number of nitrogens with one attached hydrogen (secondary N) is 1. The fraction of sp³-hybridized carbons (Fsp3) is 0.214. The fourth-order valence-electron chi connectivity index (χ4n) is 4.65. The smallest absolute Gasteiger partial charge is 0.412 e. The van der Waals surface area contributed by atoms with Crippen LogP contribution in [0.2, 0.25) is 0 Å². The van der Waals surface area contributed by atoms with Crippen LogP contribution in [0, 0.1) is 6.92 Å². The molecule has 0 radical (unpaired) electrons. The van der Waals surface area contributed by atoms with Gasteiger partial charge in [-0.15, -0.1) is 0 Å². The monoisotopic (exact) mass is 524 g/mol. The van der Waals surface area contributed by atoms with Gasteiger partial charge in [-0.3, -0.25) is 10.1 Å². The molecule has 0 saturated heterocycles. The number of carboxylic acids is 1. The van der Waals surface area contributed by atoms with Crippen molar-refractivity contribution in [3.63, 3.8) is 0 Å². The number of aliphatic carboxylic acids is 1. The molecule has 6 rings (SSSR count). The topological polar surface area (TPSA) is 145 Å². The first-order valence-corrected chi connectivity index (χ1v) is 12.4. The Balaban J connectivity index is 1.29. The molecule has 11 heteroatoms. The largest absolute Gasteiger partial charge is 0.481 e. The van der Waals surface area contributed by atoms with E-state index in [1.54, 1.807) is 20.0 Å². The fourth-order valence-corrected chi connectivity index (χ4v) is 4.65. The molecule has 11 nitrogen and oxygen atoms in total. The van der Waals surface area contributed by atoms with Gasteiger partial charge in [0.1, 0.15) is 23.8 Å². The maximum Gasteiger partial charge on any atom is 0.412 e. The Bertz CT molecular complexity index is 1690. The lowest BCUT2D eigenvalue weighted by atomic mass is 9.94. The number of carbonyl (C=O) groups excluding carboxylic acids is 1. The van der Waals surface area contributed by atoms with Gasteiger partial charge in [-0.1, -0.05) is 59.8 Å². The van der Waals surface area contributed by atoms with Crippen LogP contribution in [0.3, 0.4) is 0 Å². The Labute approximate surface area is 222 Å². The lowest BCUT2D eigenvalue weighted by molar-refractivity contribution is -0.140. The minimum atomic E-state index is -0.800. The van der Waals surface area contributed by atoms with Crippen LogP contribution in [0.1, 0.15) is 42.7 Å². The van der Waals surface area contributed by atoms with Gasteiger partial charge in [-0.25, -0.2) is 14.8 Å². The van der Waals surface area contributed by atoms with Gasteiger partial charge in [0.15, 0.2) is 5.65 Å². The molecule has 1 unspecified atom stereocenters. The standard InChI is InChI=1S/C28H24N6O5/c1-16-22(32-27(37)38-17(2)18-6-4-3-5-7-18)23(39-33-16)25-29-14-21(24-30-15-31-34(24)25)19-8-10-20(11-9-19)28(12-13-28)26(35)36/h3-11,14-15,17H,12-13H2,1-2H3,(H,32,37)(H,35,36). The number of hydrogen-bond acceptors (Lipinski definition) is 8. The van der Waals surface area contributed by atoms with E-state index in [-0.39, 0.29) is 11.6 Å². The van der Waals surface area contributed by atoms with Gasteiger partial charge >= 0.3 is 12.1 Å². The number of benzene rings is 2. The molecule has 2 N–H and O–H groups in total. The van der Waals surface area contributed by atoms with E-state index in [1.165, 1.54) is 10.8 Å². The number of amides is 1. The number of fused-ring (bicyclic) bond motifs is 1. The minimum absolute atomic E-state index is 0.200. The summed E-state index contributed by atoms with van der Waals surface area (Å²) in [4.78, 5) is 33.4. The Morgan fingerprint density at radius 1 is 1.10 bits per heavy atom. The lowest BCUT2D eigenvalue weighted by Gasteiger charge is -2.14. The molecule has 1 aliphatic rings. The molecular formula is C28H24N6O5. The van der Waals surface area contributed by atoms with E-state index in [0.29, 0.717) is 35.4 Å². The molecule has 0 aliphatic heterocycles. The predicted molar refractivity (Wildman–Crippen MR) is 140 cm³/mol. The Hall–Kier alpha value is -5.06. The molecule has 3 aromatic heterocycles. The number of anilines is 1. The molecule has 3 heterocycles. The highest BCUT2D eigenvalue weighted by Crippen LogP contribution is 2.48. The Morgan fingerprint density at radius 2 is 1.85 bits per heavy atom. The number of carbonyl (C=O) groups is 2. The van der Waals surface area contributed by atoms with E-state index >= 15 is 0 Å². The van der Waals surface area contributed by atoms with Crippen LogP contribution >= 0.6 is 0 Å². The maximum atomic E-state index is 12.7.